The van der Waals surface area contributed by atoms with Crippen LogP contribution in [0, 0.1) is 11.8 Å². The Labute approximate surface area is 148 Å². The number of aromatic carboxylic acids is 1. The first-order chi connectivity index (χ1) is 11.5. The van der Waals surface area contributed by atoms with Crippen LogP contribution in [0.4, 0.5) is 0 Å². The molecule has 0 saturated carbocycles. The highest BCUT2D eigenvalue weighted by molar-refractivity contribution is 9.10. The van der Waals surface area contributed by atoms with E-state index >= 15 is 0 Å². The van der Waals surface area contributed by atoms with Gasteiger partial charge in [0.25, 0.3) is 0 Å². The highest BCUT2D eigenvalue weighted by Gasteiger charge is 2.19. The summed E-state index contributed by atoms with van der Waals surface area (Å²) in [6.07, 6.45) is 1.69. The summed E-state index contributed by atoms with van der Waals surface area (Å²) in [5.41, 5.74) is 2.66. The van der Waals surface area contributed by atoms with E-state index in [1.54, 1.807) is 29.9 Å². The summed E-state index contributed by atoms with van der Waals surface area (Å²) in [5, 5.41) is 14.8. The molecule has 1 heterocycles. The zero-order valence-corrected chi connectivity index (χ0v) is 14.8. The first kappa shape index (κ1) is 16.3. The van der Waals surface area contributed by atoms with Crippen molar-refractivity contribution in [3.63, 3.8) is 0 Å². The van der Waals surface area contributed by atoms with Gasteiger partial charge >= 0.3 is 5.97 Å². The number of benzene rings is 2. The lowest BCUT2D eigenvalue weighted by Crippen LogP contribution is -2.11. The molecule has 24 heavy (non-hydrogen) atoms. The Morgan fingerprint density at radius 3 is 2.58 bits per heavy atom. The van der Waals surface area contributed by atoms with Crippen LogP contribution in [0.25, 0.3) is 10.9 Å². The molecule has 1 N–H and O–H groups in total. The molecule has 120 valence electrons. The first-order valence-electron chi connectivity index (χ1n) is 7.44. The average Bonchev–Trinajstić information content (AvgIpc) is 3.00. The Morgan fingerprint density at radius 2 is 1.96 bits per heavy atom. The lowest BCUT2D eigenvalue weighted by Gasteiger charge is -2.15. The molecule has 3 rings (SSSR count). The third-order valence-electron chi connectivity index (χ3n) is 3.97. The molecule has 1 atom stereocenters. The van der Waals surface area contributed by atoms with Crippen LogP contribution >= 0.6 is 15.9 Å². The monoisotopic (exact) mass is 382 g/mol. The van der Waals surface area contributed by atoms with Gasteiger partial charge in [-0.2, -0.15) is 5.10 Å². The molecule has 0 aliphatic rings. The third-order valence-corrected chi connectivity index (χ3v) is 4.50. The fraction of sp³-hybridized carbons (Fsp3) is 0.158. The number of fused-ring (bicyclic) bond motifs is 1. The minimum atomic E-state index is -0.972. The molecule has 0 saturated heterocycles. The molecule has 0 fully saturated rings. The number of carboxylic acid groups (broad SMARTS) is 1. The van der Waals surface area contributed by atoms with Crippen molar-refractivity contribution < 1.29 is 9.90 Å². The van der Waals surface area contributed by atoms with E-state index in [1.165, 1.54) is 0 Å². The normalized spacial score (nSPS) is 11.8. The van der Waals surface area contributed by atoms with E-state index in [-0.39, 0.29) is 11.6 Å². The van der Waals surface area contributed by atoms with Gasteiger partial charge in [-0.1, -0.05) is 34.0 Å². The van der Waals surface area contributed by atoms with Crippen molar-refractivity contribution in [2.24, 2.45) is 0 Å². The molecular weight excluding hydrogens is 368 g/mol. The van der Waals surface area contributed by atoms with Gasteiger partial charge in [0.1, 0.15) is 0 Å². The molecular formula is C19H15BrN2O2. The van der Waals surface area contributed by atoms with Crippen molar-refractivity contribution in [2.45, 2.75) is 19.9 Å². The summed E-state index contributed by atoms with van der Waals surface area (Å²) >= 11 is 3.43. The molecule has 0 aliphatic carbocycles. The predicted octanol–water partition coefficient (Wildman–Crippen LogP) is 4.48. The fourth-order valence-corrected chi connectivity index (χ4v) is 3.02. The largest absolute Gasteiger partial charge is 0.478 e. The Morgan fingerprint density at radius 1 is 1.25 bits per heavy atom. The topological polar surface area (TPSA) is 55.1 Å². The van der Waals surface area contributed by atoms with E-state index in [4.69, 9.17) is 0 Å². The Bertz CT molecular complexity index is 978. The van der Waals surface area contributed by atoms with E-state index in [1.807, 2.05) is 31.2 Å². The second-order valence-electron chi connectivity index (χ2n) is 5.42. The van der Waals surface area contributed by atoms with E-state index < -0.39 is 5.97 Å². The summed E-state index contributed by atoms with van der Waals surface area (Å²) < 4.78 is 2.75. The Kier molecular flexibility index (Phi) is 4.41. The number of halogens is 1. The molecule has 5 heteroatoms. The van der Waals surface area contributed by atoms with Crippen LogP contribution in [-0.4, -0.2) is 20.9 Å². The molecule has 0 amide bonds. The fourth-order valence-electron chi connectivity index (χ4n) is 2.76. The number of carbonyl (C=O) groups is 1. The second kappa shape index (κ2) is 6.50. The molecule has 0 radical (unpaired) electrons. The SMILES string of the molecule is CC#Cc1ccc(C(=O)O)c2c1cnn2[C@H](C)c1ccc(Br)cc1. The summed E-state index contributed by atoms with van der Waals surface area (Å²) in [6, 6.07) is 11.2. The molecule has 0 bridgehead atoms. The van der Waals surface area contributed by atoms with Crippen LogP contribution in [0.1, 0.15) is 41.4 Å². The van der Waals surface area contributed by atoms with Gasteiger partial charge in [-0.25, -0.2) is 4.79 Å². The van der Waals surface area contributed by atoms with Crippen molar-refractivity contribution in [2.75, 3.05) is 0 Å². The lowest BCUT2D eigenvalue weighted by molar-refractivity contribution is 0.0698. The number of nitrogens with zero attached hydrogens (tertiary/aromatic N) is 2. The van der Waals surface area contributed by atoms with Gasteiger partial charge in [-0.15, -0.1) is 5.92 Å². The zero-order chi connectivity index (χ0) is 17.3. The molecule has 4 nitrogen and oxygen atoms in total. The number of hydrogen-bond acceptors (Lipinski definition) is 2. The predicted molar refractivity (Wildman–Crippen MR) is 97.2 cm³/mol. The maximum Gasteiger partial charge on any atom is 0.337 e. The van der Waals surface area contributed by atoms with Crippen LogP contribution in [0.2, 0.25) is 0 Å². The van der Waals surface area contributed by atoms with Crippen molar-refractivity contribution in [1.29, 1.82) is 0 Å². The van der Waals surface area contributed by atoms with E-state index in [9.17, 15) is 9.90 Å². The second-order valence-corrected chi connectivity index (χ2v) is 6.34. The van der Waals surface area contributed by atoms with Crippen LogP contribution in [-0.2, 0) is 0 Å². The van der Waals surface area contributed by atoms with Crippen molar-refractivity contribution >= 4 is 32.8 Å². The van der Waals surface area contributed by atoms with Gasteiger partial charge in [0.2, 0.25) is 0 Å². The minimum Gasteiger partial charge on any atom is -0.478 e. The maximum absolute atomic E-state index is 11.7. The quantitative estimate of drug-likeness (QED) is 0.679. The third kappa shape index (κ3) is 2.81. The Balaban J connectivity index is 2.24. The maximum atomic E-state index is 11.7. The molecule has 0 unspecified atom stereocenters. The van der Waals surface area contributed by atoms with Crippen LogP contribution in [0.5, 0.6) is 0 Å². The average molecular weight is 383 g/mol. The summed E-state index contributed by atoms with van der Waals surface area (Å²) in [7, 11) is 0. The zero-order valence-electron chi connectivity index (χ0n) is 13.2. The van der Waals surface area contributed by atoms with Gasteiger partial charge in [-0.05, 0) is 43.7 Å². The van der Waals surface area contributed by atoms with Gasteiger partial charge in [0.15, 0.2) is 0 Å². The van der Waals surface area contributed by atoms with Crippen LogP contribution in [0.3, 0.4) is 0 Å². The number of hydrogen-bond donors (Lipinski definition) is 1. The highest BCUT2D eigenvalue weighted by Crippen LogP contribution is 2.28. The van der Waals surface area contributed by atoms with Crippen LogP contribution < -0.4 is 0 Å². The Hall–Kier alpha value is -2.58. The van der Waals surface area contributed by atoms with E-state index in [0.717, 1.165) is 21.0 Å². The van der Waals surface area contributed by atoms with Gasteiger partial charge < -0.3 is 5.11 Å². The van der Waals surface area contributed by atoms with E-state index in [0.29, 0.717) is 5.52 Å². The standard InChI is InChI=1S/C19H15BrN2O2/c1-3-4-14-7-10-16(19(23)24)18-17(14)11-21-22(18)12(2)13-5-8-15(20)9-6-13/h5-12H,1-2H3,(H,23,24)/t12-/m1/s1. The van der Waals surface area contributed by atoms with Crippen molar-refractivity contribution in [3.8, 4) is 11.8 Å². The highest BCUT2D eigenvalue weighted by atomic mass is 79.9. The number of carboxylic acids is 1. The van der Waals surface area contributed by atoms with Crippen LogP contribution in [0.15, 0.2) is 47.1 Å². The molecule has 1 aromatic heterocycles. The van der Waals surface area contributed by atoms with Gasteiger partial charge in [0.05, 0.1) is 23.3 Å². The molecule has 0 aliphatic heterocycles. The lowest BCUT2D eigenvalue weighted by atomic mass is 10.0. The van der Waals surface area contributed by atoms with Gasteiger partial charge in [-0.3, -0.25) is 4.68 Å². The minimum absolute atomic E-state index is 0.0986. The summed E-state index contributed by atoms with van der Waals surface area (Å²) in [4.78, 5) is 11.7. The van der Waals surface area contributed by atoms with Crippen molar-refractivity contribution in [3.05, 3.63) is 63.8 Å². The van der Waals surface area contributed by atoms with Gasteiger partial charge in [0, 0.05) is 15.4 Å². The first-order valence-corrected chi connectivity index (χ1v) is 8.24. The summed E-state index contributed by atoms with van der Waals surface area (Å²) in [6.45, 7) is 3.76. The molecule has 2 aromatic carbocycles. The van der Waals surface area contributed by atoms with E-state index in [2.05, 4.69) is 32.9 Å². The number of rotatable bonds is 3. The van der Waals surface area contributed by atoms with Crippen molar-refractivity contribution in [1.82, 2.24) is 9.78 Å². The molecule has 0 spiro atoms. The number of aromatic nitrogens is 2. The smallest absolute Gasteiger partial charge is 0.337 e. The molecule has 3 aromatic rings. The summed E-state index contributed by atoms with van der Waals surface area (Å²) in [5.74, 6) is 4.90.